The number of ketones is 1. The summed E-state index contributed by atoms with van der Waals surface area (Å²) in [6.07, 6.45) is 1.95. The number of sulfone groups is 1. The molecule has 0 saturated heterocycles. The largest absolute Gasteiger partial charge is 0.289 e. The number of carbonyl (C=O) groups excluding carboxylic acids is 1. The highest BCUT2D eigenvalue weighted by atomic mass is 32.2. The van der Waals surface area contributed by atoms with Gasteiger partial charge in [-0.15, -0.1) is 11.8 Å². The van der Waals surface area contributed by atoms with Crippen molar-refractivity contribution in [3.63, 3.8) is 0 Å². The fraction of sp³-hybridized carbons (Fsp3) is 0.0741. The van der Waals surface area contributed by atoms with E-state index in [4.69, 9.17) is 0 Å². The van der Waals surface area contributed by atoms with E-state index in [2.05, 4.69) is 0 Å². The third kappa shape index (κ3) is 5.41. The van der Waals surface area contributed by atoms with Crippen molar-refractivity contribution in [2.24, 2.45) is 0 Å². The molecule has 0 amide bonds. The first-order valence-corrected chi connectivity index (χ1v) is 13.8. The number of benzene rings is 4. The van der Waals surface area contributed by atoms with E-state index in [0.29, 0.717) is 11.1 Å². The summed E-state index contributed by atoms with van der Waals surface area (Å²) in [5.41, 5.74) is 2.42. The second-order valence-corrected chi connectivity index (χ2v) is 11.4. The second-order valence-electron chi connectivity index (χ2n) is 7.47. The molecule has 0 bridgehead atoms. The molecule has 3 nitrogen and oxygen atoms in total. The molecule has 0 unspecified atom stereocenters. The Bertz CT molecular complexity index is 1360. The Morgan fingerprint density at radius 2 is 1.00 bits per heavy atom. The minimum atomic E-state index is -3.55. The number of carbonyl (C=O) groups is 1. The molecular weight excluding hydrogens is 468 g/mol. The monoisotopic (exact) mass is 490 g/mol. The first-order valence-electron chi connectivity index (χ1n) is 10.3. The predicted molar refractivity (Wildman–Crippen MR) is 135 cm³/mol. The molecule has 0 aliphatic rings. The van der Waals surface area contributed by atoms with Crippen LogP contribution in [0.4, 0.5) is 0 Å². The molecule has 0 aromatic heterocycles. The van der Waals surface area contributed by atoms with E-state index in [-0.39, 0.29) is 15.6 Å². The first kappa shape index (κ1) is 23.4. The average Bonchev–Trinajstić information content (AvgIpc) is 2.85. The van der Waals surface area contributed by atoms with Gasteiger partial charge in [-0.2, -0.15) is 0 Å². The summed E-state index contributed by atoms with van der Waals surface area (Å²) in [6, 6.07) is 28.8. The van der Waals surface area contributed by atoms with E-state index in [0.717, 1.165) is 20.2 Å². The average molecular weight is 491 g/mol. The van der Waals surface area contributed by atoms with Crippen molar-refractivity contribution in [2.45, 2.75) is 31.4 Å². The molecule has 0 atom stereocenters. The van der Waals surface area contributed by atoms with Gasteiger partial charge in [0, 0.05) is 25.8 Å². The Hall–Kier alpha value is -2.80. The minimum absolute atomic E-state index is 0.00771. The van der Waals surface area contributed by atoms with E-state index in [9.17, 15) is 13.2 Å². The summed E-state index contributed by atoms with van der Waals surface area (Å²) >= 11 is 3.09. The van der Waals surface area contributed by atoms with Crippen LogP contribution in [0.5, 0.6) is 0 Å². The van der Waals surface area contributed by atoms with Crippen molar-refractivity contribution in [1.29, 1.82) is 0 Å². The van der Waals surface area contributed by atoms with Crippen LogP contribution in [-0.4, -0.2) is 20.5 Å². The lowest BCUT2D eigenvalue weighted by Gasteiger charge is -2.08. The molecule has 0 heterocycles. The van der Waals surface area contributed by atoms with Gasteiger partial charge in [0.15, 0.2) is 5.78 Å². The molecule has 0 radical (unpaired) electrons. The van der Waals surface area contributed by atoms with Crippen molar-refractivity contribution in [3.8, 4) is 0 Å². The maximum atomic E-state index is 12.9. The third-order valence-corrected chi connectivity index (χ3v) is 8.71. The van der Waals surface area contributed by atoms with Crippen molar-refractivity contribution in [1.82, 2.24) is 0 Å². The van der Waals surface area contributed by atoms with E-state index >= 15 is 0 Å². The fourth-order valence-corrected chi connectivity index (χ4v) is 5.75. The van der Waals surface area contributed by atoms with Gasteiger partial charge in [0.05, 0.1) is 9.79 Å². The highest BCUT2D eigenvalue weighted by Gasteiger charge is 2.17. The molecule has 0 aliphatic carbocycles. The van der Waals surface area contributed by atoms with Crippen LogP contribution >= 0.6 is 23.5 Å². The zero-order valence-electron chi connectivity index (χ0n) is 18.2. The lowest BCUT2D eigenvalue weighted by Crippen LogP contribution is -2.01. The predicted octanol–water partition coefficient (Wildman–Crippen LogP) is 6.93. The molecule has 0 aliphatic heterocycles. The summed E-state index contributed by atoms with van der Waals surface area (Å²) in [7, 11) is -3.55. The minimum Gasteiger partial charge on any atom is -0.289 e. The van der Waals surface area contributed by atoms with E-state index in [1.807, 2.05) is 73.8 Å². The lowest BCUT2D eigenvalue weighted by atomic mass is 10.0. The summed E-state index contributed by atoms with van der Waals surface area (Å²) < 4.78 is 25.8. The number of aryl methyl sites for hydroxylation is 1. The normalized spacial score (nSPS) is 11.3. The van der Waals surface area contributed by atoms with E-state index < -0.39 is 9.84 Å². The van der Waals surface area contributed by atoms with Gasteiger partial charge < -0.3 is 0 Å². The standard InChI is InChI=1S/C27H22O3S3/c1-19-3-5-20(6-4-19)27(28)21-7-9-23(10-8-21)32-24-13-17-26(18-14-24)33(29,30)25-15-11-22(31-2)12-16-25/h3-18H,1-2H3. The van der Waals surface area contributed by atoms with E-state index in [1.165, 1.54) is 11.8 Å². The molecule has 0 N–H and O–H groups in total. The first-order chi connectivity index (χ1) is 15.9. The molecule has 0 saturated carbocycles. The Kier molecular flexibility index (Phi) is 7.08. The smallest absolute Gasteiger partial charge is 0.206 e. The highest BCUT2D eigenvalue weighted by molar-refractivity contribution is 7.99. The number of hydrogen-bond donors (Lipinski definition) is 0. The Balaban J connectivity index is 1.46. The SMILES string of the molecule is CSc1ccc(S(=O)(=O)c2ccc(Sc3ccc(C(=O)c4ccc(C)cc4)cc3)cc2)cc1. The van der Waals surface area contributed by atoms with Crippen molar-refractivity contribution in [2.75, 3.05) is 6.26 Å². The summed E-state index contributed by atoms with van der Waals surface area (Å²) in [6.45, 7) is 1.99. The highest BCUT2D eigenvalue weighted by Crippen LogP contribution is 2.30. The van der Waals surface area contributed by atoms with Gasteiger partial charge in [-0.25, -0.2) is 8.42 Å². The summed E-state index contributed by atoms with van der Waals surface area (Å²) in [4.78, 5) is 16.1. The van der Waals surface area contributed by atoms with Gasteiger partial charge in [-0.3, -0.25) is 4.79 Å². The van der Waals surface area contributed by atoms with Gasteiger partial charge in [-0.1, -0.05) is 41.6 Å². The van der Waals surface area contributed by atoms with Crippen molar-refractivity contribution < 1.29 is 13.2 Å². The molecule has 0 spiro atoms. The van der Waals surface area contributed by atoms with Crippen LogP contribution in [0.1, 0.15) is 21.5 Å². The number of hydrogen-bond acceptors (Lipinski definition) is 5. The van der Waals surface area contributed by atoms with Crippen molar-refractivity contribution in [3.05, 3.63) is 114 Å². The van der Waals surface area contributed by atoms with Crippen LogP contribution < -0.4 is 0 Å². The second kappa shape index (κ2) is 10.00. The number of rotatable bonds is 7. The van der Waals surface area contributed by atoms with Crippen molar-refractivity contribution >= 4 is 39.1 Å². The zero-order valence-corrected chi connectivity index (χ0v) is 20.6. The van der Waals surface area contributed by atoms with Crippen LogP contribution in [0.3, 0.4) is 0 Å². The van der Waals surface area contributed by atoms with Crippen LogP contribution in [0.15, 0.2) is 122 Å². The van der Waals surface area contributed by atoms with Gasteiger partial charge in [-0.05, 0) is 86.0 Å². The third-order valence-electron chi connectivity index (χ3n) is 5.17. The quantitative estimate of drug-likeness (QED) is 0.208. The molecule has 4 rings (SSSR count). The van der Waals surface area contributed by atoms with Gasteiger partial charge in [0.1, 0.15) is 0 Å². The maximum absolute atomic E-state index is 12.9. The van der Waals surface area contributed by atoms with Crippen LogP contribution in [0, 0.1) is 6.92 Å². The maximum Gasteiger partial charge on any atom is 0.206 e. The topological polar surface area (TPSA) is 51.2 Å². The van der Waals surface area contributed by atoms with Gasteiger partial charge >= 0.3 is 0 Å². The number of thioether (sulfide) groups is 1. The Morgan fingerprint density at radius 1 is 0.606 bits per heavy atom. The van der Waals surface area contributed by atoms with Gasteiger partial charge in [0.2, 0.25) is 9.84 Å². The van der Waals surface area contributed by atoms with Crippen LogP contribution in [0.2, 0.25) is 0 Å². The molecule has 0 fully saturated rings. The van der Waals surface area contributed by atoms with Gasteiger partial charge in [0.25, 0.3) is 0 Å². The molecule has 4 aromatic rings. The zero-order chi connectivity index (χ0) is 23.4. The molecule has 166 valence electrons. The van der Waals surface area contributed by atoms with Crippen LogP contribution in [0.25, 0.3) is 0 Å². The van der Waals surface area contributed by atoms with Crippen LogP contribution in [-0.2, 0) is 9.84 Å². The fourth-order valence-electron chi connectivity index (χ4n) is 3.26. The Morgan fingerprint density at radius 3 is 1.45 bits per heavy atom. The summed E-state index contributed by atoms with van der Waals surface area (Å²) in [5, 5.41) is 0. The molecule has 33 heavy (non-hydrogen) atoms. The lowest BCUT2D eigenvalue weighted by molar-refractivity contribution is 0.103. The molecule has 6 heteroatoms. The summed E-state index contributed by atoms with van der Waals surface area (Å²) in [5.74, 6) is -0.00771. The molecular formula is C27H22O3S3. The molecule has 4 aromatic carbocycles. The van der Waals surface area contributed by atoms with E-state index in [1.54, 1.807) is 48.2 Å². The Labute approximate surface area is 203 Å².